The number of unbranched alkanes of at least 4 members (excludes halogenated alkanes) is 12. The molecule has 2 N–H and O–H groups in total. The Bertz CT molecular complexity index is 678. The molecule has 0 atom stereocenters. The Labute approximate surface area is 163 Å². The number of imidazole rings is 1. The molecule has 0 saturated carbocycles. The lowest BCUT2D eigenvalue weighted by Gasteiger charge is -2.02. The highest BCUT2D eigenvalue weighted by molar-refractivity contribution is 5.92. The summed E-state index contributed by atoms with van der Waals surface area (Å²) in [6, 6.07) is 5.07. The zero-order chi connectivity index (χ0) is 19.3. The van der Waals surface area contributed by atoms with Crippen LogP contribution in [0.15, 0.2) is 18.2 Å². The van der Waals surface area contributed by atoms with E-state index in [0.717, 1.165) is 29.7 Å². The third-order valence-corrected chi connectivity index (χ3v) is 5.30. The Morgan fingerprint density at radius 2 is 1.44 bits per heavy atom. The highest BCUT2D eigenvalue weighted by Crippen LogP contribution is 2.16. The maximum atomic E-state index is 11.0. The number of aromatic amines is 1. The van der Waals surface area contributed by atoms with Gasteiger partial charge >= 0.3 is 5.97 Å². The van der Waals surface area contributed by atoms with Gasteiger partial charge in [-0.3, -0.25) is 0 Å². The fourth-order valence-electron chi connectivity index (χ4n) is 3.62. The molecule has 27 heavy (non-hydrogen) atoms. The predicted octanol–water partition coefficient (Wildman–Crippen LogP) is 6.89. The van der Waals surface area contributed by atoms with Gasteiger partial charge in [-0.1, -0.05) is 84.0 Å². The second-order valence-electron chi connectivity index (χ2n) is 7.71. The lowest BCUT2D eigenvalue weighted by Crippen LogP contribution is -1.94. The summed E-state index contributed by atoms with van der Waals surface area (Å²) in [5.74, 6) is 0.0635. The van der Waals surface area contributed by atoms with Crippen LogP contribution in [0.5, 0.6) is 0 Å². The van der Waals surface area contributed by atoms with E-state index in [-0.39, 0.29) is 0 Å². The minimum atomic E-state index is -0.905. The summed E-state index contributed by atoms with van der Waals surface area (Å²) in [6.07, 6.45) is 18.6. The van der Waals surface area contributed by atoms with Gasteiger partial charge in [-0.05, 0) is 24.6 Å². The summed E-state index contributed by atoms with van der Waals surface area (Å²) in [5.41, 5.74) is 1.96. The highest BCUT2D eigenvalue weighted by Gasteiger charge is 2.07. The van der Waals surface area contributed by atoms with Gasteiger partial charge in [0.2, 0.25) is 0 Å². The molecule has 0 fully saturated rings. The van der Waals surface area contributed by atoms with Crippen molar-refractivity contribution in [3.63, 3.8) is 0 Å². The van der Waals surface area contributed by atoms with Crippen LogP contribution in [0.2, 0.25) is 0 Å². The van der Waals surface area contributed by atoms with Crippen LogP contribution < -0.4 is 0 Å². The number of aromatic carboxylic acids is 1. The van der Waals surface area contributed by atoms with Crippen LogP contribution in [0.25, 0.3) is 11.0 Å². The molecule has 0 unspecified atom stereocenters. The summed E-state index contributed by atoms with van der Waals surface area (Å²) in [4.78, 5) is 18.9. The van der Waals surface area contributed by atoms with Crippen molar-refractivity contribution in [2.45, 2.75) is 96.8 Å². The summed E-state index contributed by atoms with van der Waals surface area (Å²) in [6.45, 7) is 2.27. The van der Waals surface area contributed by atoms with Gasteiger partial charge in [0.15, 0.2) is 0 Å². The van der Waals surface area contributed by atoms with Crippen molar-refractivity contribution in [2.24, 2.45) is 0 Å². The molecule has 1 heterocycles. The molecule has 0 radical (unpaired) electrons. The SMILES string of the molecule is CCCCCCCCCCCCCCCc1nc2cc(C(=O)O)ccc2[nH]1. The fraction of sp³-hybridized carbons (Fsp3) is 0.652. The zero-order valence-corrected chi connectivity index (χ0v) is 16.9. The average molecular weight is 373 g/mol. The normalized spacial score (nSPS) is 11.3. The summed E-state index contributed by atoms with van der Waals surface area (Å²) < 4.78 is 0. The van der Waals surface area contributed by atoms with Gasteiger partial charge < -0.3 is 10.1 Å². The number of hydrogen-bond acceptors (Lipinski definition) is 2. The van der Waals surface area contributed by atoms with E-state index in [1.54, 1.807) is 18.2 Å². The maximum Gasteiger partial charge on any atom is 0.335 e. The molecular formula is C23H36N2O2. The quantitative estimate of drug-likeness (QED) is 0.334. The Hall–Kier alpha value is -1.84. The number of carboxylic acids is 1. The lowest BCUT2D eigenvalue weighted by molar-refractivity contribution is 0.0697. The van der Waals surface area contributed by atoms with Crippen molar-refractivity contribution < 1.29 is 9.90 Å². The average Bonchev–Trinajstić information content (AvgIpc) is 3.07. The van der Waals surface area contributed by atoms with Crippen LogP contribution in [-0.4, -0.2) is 21.0 Å². The third-order valence-electron chi connectivity index (χ3n) is 5.30. The first-order valence-electron chi connectivity index (χ1n) is 10.9. The van der Waals surface area contributed by atoms with E-state index in [2.05, 4.69) is 16.9 Å². The molecule has 4 nitrogen and oxygen atoms in total. The number of rotatable bonds is 15. The van der Waals surface area contributed by atoms with Crippen LogP contribution in [-0.2, 0) is 6.42 Å². The van der Waals surface area contributed by atoms with E-state index in [1.165, 1.54) is 77.0 Å². The van der Waals surface area contributed by atoms with Crippen molar-refractivity contribution in [3.8, 4) is 0 Å². The largest absolute Gasteiger partial charge is 0.478 e. The second kappa shape index (κ2) is 12.5. The molecule has 0 aliphatic carbocycles. The molecule has 4 heteroatoms. The molecule has 1 aromatic carbocycles. The number of nitrogens with one attached hydrogen (secondary N) is 1. The van der Waals surface area contributed by atoms with Gasteiger partial charge in [-0.15, -0.1) is 0 Å². The number of H-pyrrole nitrogens is 1. The lowest BCUT2D eigenvalue weighted by atomic mass is 10.0. The smallest absolute Gasteiger partial charge is 0.335 e. The Morgan fingerprint density at radius 3 is 2.00 bits per heavy atom. The summed E-state index contributed by atoms with van der Waals surface area (Å²) in [5, 5.41) is 9.05. The minimum Gasteiger partial charge on any atom is -0.478 e. The number of fused-ring (bicyclic) bond motifs is 1. The van der Waals surface area contributed by atoms with E-state index >= 15 is 0 Å². The van der Waals surface area contributed by atoms with Gasteiger partial charge in [-0.25, -0.2) is 9.78 Å². The maximum absolute atomic E-state index is 11.0. The number of hydrogen-bond donors (Lipinski definition) is 2. The van der Waals surface area contributed by atoms with Crippen molar-refractivity contribution in [3.05, 3.63) is 29.6 Å². The number of aryl methyl sites for hydroxylation is 1. The van der Waals surface area contributed by atoms with Gasteiger partial charge in [0, 0.05) is 6.42 Å². The fourth-order valence-corrected chi connectivity index (χ4v) is 3.62. The Kier molecular flexibility index (Phi) is 9.96. The first-order chi connectivity index (χ1) is 13.2. The van der Waals surface area contributed by atoms with E-state index in [9.17, 15) is 4.79 Å². The van der Waals surface area contributed by atoms with E-state index < -0.39 is 5.97 Å². The van der Waals surface area contributed by atoms with Gasteiger partial charge in [-0.2, -0.15) is 0 Å². The van der Waals surface area contributed by atoms with Crippen molar-refractivity contribution in [1.82, 2.24) is 9.97 Å². The number of benzene rings is 1. The topological polar surface area (TPSA) is 66.0 Å². The molecule has 150 valence electrons. The molecule has 0 spiro atoms. The van der Waals surface area contributed by atoms with E-state index in [4.69, 9.17) is 5.11 Å². The highest BCUT2D eigenvalue weighted by atomic mass is 16.4. The number of carboxylic acid groups (broad SMARTS) is 1. The van der Waals surface area contributed by atoms with Gasteiger partial charge in [0.25, 0.3) is 0 Å². The molecule has 2 rings (SSSR count). The van der Waals surface area contributed by atoms with Crippen LogP contribution in [0, 0.1) is 0 Å². The van der Waals surface area contributed by atoms with Crippen molar-refractivity contribution in [2.75, 3.05) is 0 Å². The summed E-state index contributed by atoms with van der Waals surface area (Å²) >= 11 is 0. The minimum absolute atomic E-state index is 0.293. The first kappa shape index (κ1) is 21.5. The predicted molar refractivity (Wildman–Crippen MR) is 112 cm³/mol. The number of aromatic nitrogens is 2. The molecule has 1 aromatic heterocycles. The molecule has 0 aliphatic heterocycles. The van der Waals surface area contributed by atoms with Crippen LogP contribution in [0.1, 0.15) is 107 Å². The third kappa shape index (κ3) is 8.15. The number of nitrogens with zero attached hydrogens (tertiary/aromatic N) is 1. The van der Waals surface area contributed by atoms with Gasteiger partial charge in [0.05, 0.1) is 16.6 Å². The molecular weight excluding hydrogens is 336 g/mol. The van der Waals surface area contributed by atoms with Crippen LogP contribution in [0.4, 0.5) is 0 Å². The van der Waals surface area contributed by atoms with Crippen molar-refractivity contribution in [1.29, 1.82) is 0 Å². The first-order valence-corrected chi connectivity index (χ1v) is 10.9. The molecule has 0 aliphatic rings. The summed E-state index contributed by atoms with van der Waals surface area (Å²) in [7, 11) is 0. The van der Waals surface area contributed by atoms with Crippen LogP contribution in [0.3, 0.4) is 0 Å². The number of carbonyl (C=O) groups is 1. The second-order valence-corrected chi connectivity index (χ2v) is 7.71. The van der Waals surface area contributed by atoms with E-state index in [0.29, 0.717) is 5.56 Å². The van der Waals surface area contributed by atoms with Gasteiger partial charge in [0.1, 0.15) is 5.82 Å². The van der Waals surface area contributed by atoms with Crippen molar-refractivity contribution >= 4 is 17.0 Å². The molecule has 0 amide bonds. The zero-order valence-electron chi connectivity index (χ0n) is 16.9. The Morgan fingerprint density at radius 1 is 0.889 bits per heavy atom. The van der Waals surface area contributed by atoms with Crippen LogP contribution >= 0.6 is 0 Å². The molecule has 2 aromatic rings. The standard InChI is InChI=1S/C23H36N2O2/c1-2-3-4-5-6-7-8-9-10-11-12-13-14-15-22-24-20-17-16-19(23(26)27)18-21(20)25-22/h16-18H,2-15H2,1H3,(H,24,25)(H,26,27). The monoisotopic (exact) mass is 372 g/mol. The molecule has 0 saturated heterocycles. The van der Waals surface area contributed by atoms with E-state index in [1.807, 2.05) is 0 Å². The Balaban J connectivity index is 1.50. The molecule has 0 bridgehead atoms.